The van der Waals surface area contributed by atoms with Gasteiger partial charge in [0.05, 0.1) is 20.2 Å². The Morgan fingerprint density at radius 1 is 1.56 bits per heavy atom. The van der Waals surface area contributed by atoms with Crippen molar-refractivity contribution < 1.29 is 8.42 Å². The van der Waals surface area contributed by atoms with Crippen LogP contribution in [0.25, 0.3) is 0 Å². The summed E-state index contributed by atoms with van der Waals surface area (Å²) in [5, 5.41) is 3.33. The number of halogens is 2. The quantitative estimate of drug-likeness (QED) is 0.924. The Hall–Kier alpha value is 0.190. The van der Waals surface area contributed by atoms with Crippen LogP contribution in [0.15, 0.2) is 6.07 Å². The van der Waals surface area contributed by atoms with Gasteiger partial charge in [-0.15, -0.1) is 11.3 Å². The van der Waals surface area contributed by atoms with E-state index < -0.39 is 9.84 Å². The monoisotopic (exact) mass is 327 g/mol. The molecule has 0 spiro atoms. The minimum absolute atomic E-state index is 0.0245. The molecule has 0 saturated carbocycles. The van der Waals surface area contributed by atoms with E-state index in [0.717, 1.165) is 12.1 Å². The highest BCUT2D eigenvalue weighted by Gasteiger charge is 2.35. The second-order valence-electron chi connectivity index (χ2n) is 4.48. The van der Waals surface area contributed by atoms with E-state index in [9.17, 15) is 8.42 Å². The summed E-state index contributed by atoms with van der Waals surface area (Å²) < 4.78 is 24.5. The van der Waals surface area contributed by atoms with Gasteiger partial charge in [0.1, 0.15) is 0 Å². The highest BCUT2D eigenvalue weighted by Crippen LogP contribution is 2.40. The lowest BCUT2D eigenvalue weighted by molar-refractivity contribution is 0.401. The van der Waals surface area contributed by atoms with Gasteiger partial charge in [0.15, 0.2) is 9.84 Å². The van der Waals surface area contributed by atoms with Crippen LogP contribution < -0.4 is 5.32 Å². The summed E-state index contributed by atoms with van der Waals surface area (Å²) in [7, 11) is -2.89. The van der Waals surface area contributed by atoms with Crippen molar-refractivity contribution >= 4 is 44.4 Å². The number of hydrogen-bond donors (Lipinski definition) is 1. The van der Waals surface area contributed by atoms with Crippen LogP contribution in [0, 0.1) is 5.92 Å². The normalized spacial score (nSPS) is 24.3. The summed E-state index contributed by atoms with van der Waals surface area (Å²) in [4.78, 5) is 0. The maximum atomic E-state index is 11.6. The van der Waals surface area contributed by atoms with Gasteiger partial charge in [-0.25, -0.2) is 8.42 Å². The molecule has 2 atom stereocenters. The number of thiophene rings is 1. The number of nitrogens with one attached hydrogen (secondary N) is 1. The average molecular weight is 328 g/mol. The molecule has 7 heteroatoms. The van der Waals surface area contributed by atoms with Crippen molar-refractivity contribution in [1.82, 2.24) is 5.32 Å². The molecule has 0 aliphatic carbocycles. The molecule has 0 radical (unpaired) electrons. The van der Waals surface area contributed by atoms with Crippen molar-refractivity contribution in [2.45, 2.75) is 19.4 Å². The first-order chi connectivity index (χ1) is 8.43. The molecule has 1 fully saturated rings. The Labute approximate surface area is 121 Å². The number of sulfone groups is 1. The third-order valence-corrected chi connectivity index (χ3v) is 6.49. The summed E-state index contributed by atoms with van der Waals surface area (Å²) >= 11 is 13.5. The molecule has 2 rings (SSSR count). The molecule has 102 valence electrons. The summed E-state index contributed by atoms with van der Waals surface area (Å²) in [5.74, 6) is 0.585. The van der Waals surface area contributed by atoms with Crippen LogP contribution in [-0.2, 0) is 9.84 Å². The van der Waals surface area contributed by atoms with Gasteiger partial charge in [-0.1, -0.05) is 30.1 Å². The van der Waals surface area contributed by atoms with E-state index in [0.29, 0.717) is 15.1 Å². The van der Waals surface area contributed by atoms with Crippen molar-refractivity contribution in [2.75, 3.05) is 18.1 Å². The molecule has 1 aliphatic heterocycles. The maximum absolute atomic E-state index is 11.6. The summed E-state index contributed by atoms with van der Waals surface area (Å²) in [6.07, 6.45) is 0.684. The van der Waals surface area contributed by atoms with Gasteiger partial charge >= 0.3 is 0 Å². The first-order valence-electron chi connectivity index (χ1n) is 5.81. The van der Waals surface area contributed by atoms with Gasteiger partial charge < -0.3 is 5.32 Å². The average Bonchev–Trinajstić information content (AvgIpc) is 2.78. The standard InChI is InChI=1S/C11H15Cl2NO2S2/c1-2-14-10(7-3-4-18(15,16)6-7)8-5-9(12)17-11(8)13/h5,7,10,14H,2-4,6H2,1H3. The molecule has 18 heavy (non-hydrogen) atoms. The molecule has 1 aromatic heterocycles. The first kappa shape index (κ1) is 14.6. The van der Waals surface area contributed by atoms with E-state index in [-0.39, 0.29) is 23.5 Å². The second-order valence-corrected chi connectivity index (χ2v) is 8.99. The molecule has 1 aliphatic rings. The first-order valence-corrected chi connectivity index (χ1v) is 9.21. The maximum Gasteiger partial charge on any atom is 0.150 e. The number of hydrogen-bond acceptors (Lipinski definition) is 4. The van der Waals surface area contributed by atoms with Crippen LogP contribution in [-0.4, -0.2) is 26.5 Å². The van der Waals surface area contributed by atoms with Crippen molar-refractivity contribution in [3.63, 3.8) is 0 Å². The van der Waals surface area contributed by atoms with Crippen LogP contribution in [0.4, 0.5) is 0 Å². The van der Waals surface area contributed by atoms with Crippen molar-refractivity contribution in [1.29, 1.82) is 0 Å². The fourth-order valence-corrected chi connectivity index (χ4v) is 5.79. The minimum atomic E-state index is -2.89. The van der Waals surface area contributed by atoms with Crippen LogP contribution in [0.2, 0.25) is 8.67 Å². The Bertz CT molecular complexity index is 527. The summed E-state index contributed by atoms with van der Waals surface area (Å²) in [6, 6.07) is 1.82. The molecule has 3 nitrogen and oxygen atoms in total. The van der Waals surface area contributed by atoms with E-state index in [1.54, 1.807) is 0 Å². The van der Waals surface area contributed by atoms with Crippen molar-refractivity contribution in [3.05, 3.63) is 20.3 Å². The lowest BCUT2D eigenvalue weighted by atomic mass is 9.94. The predicted octanol–water partition coefficient (Wildman–Crippen LogP) is 3.14. The Balaban J connectivity index is 2.26. The summed E-state index contributed by atoms with van der Waals surface area (Å²) in [5.41, 5.74) is 0.926. The minimum Gasteiger partial charge on any atom is -0.310 e. The van der Waals surface area contributed by atoms with Gasteiger partial charge in [-0.05, 0) is 24.9 Å². The van der Waals surface area contributed by atoms with E-state index >= 15 is 0 Å². The van der Waals surface area contributed by atoms with Gasteiger partial charge in [0.2, 0.25) is 0 Å². The highest BCUT2D eigenvalue weighted by atomic mass is 35.5. The molecule has 0 aromatic carbocycles. The molecule has 1 N–H and O–H groups in total. The van der Waals surface area contributed by atoms with Crippen LogP contribution in [0.1, 0.15) is 24.9 Å². The Morgan fingerprint density at radius 2 is 2.28 bits per heavy atom. The van der Waals surface area contributed by atoms with Crippen LogP contribution >= 0.6 is 34.5 Å². The fourth-order valence-electron chi connectivity index (χ4n) is 2.40. The van der Waals surface area contributed by atoms with Crippen LogP contribution in [0.3, 0.4) is 0 Å². The van der Waals surface area contributed by atoms with Gasteiger partial charge in [0, 0.05) is 11.6 Å². The lowest BCUT2D eigenvalue weighted by Crippen LogP contribution is -2.28. The predicted molar refractivity (Wildman–Crippen MR) is 77.5 cm³/mol. The van der Waals surface area contributed by atoms with Crippen LogP contribution in [0.5, 0.6) is 0 Å². The topological polar surface area (TPSA) is 46.2 Å². The third-order valence-electron chi connectivity index (χ3n) is 3.18. The van der Waals surface area contributed by atoms with E-state index in [1.807, 2.05) is 13.0 Å². The zero-order valence-electron chi connectivity index (χ0n) is 9.95. The zero-order chi connectivity index (χ0) is 13.3. The molecule has 2 unspecified atom stereocenters. The van der Waals surface area contributed by atoms with Crippen molar-refractivity contribution in [3.8, 4) is 0 Å². The molecule has 0 bridgehead atoms. The van der Waals surface area contributed by atoms with Gasteiger partial charge in [-0.3, -0.25) is 0 Å². The largest absolute Gasteiger partial charge is 0.310 e. The molecule has 1 aromatic rings. The van der Waals surface area contributed by atoms with Gasteiger partial charge in [0.25, 0.3) is 0 Å². The van der Waals surface area contributed by atoms with E-state index in [1.165, 1.54) is 11.3 Å². The number of rotatable bonds is 4. The fraction of sp³-hybridized carbons (Fsp3) is 0.636. The molecular weight excluding hydrogens is 313 g/mol. The Morgan fingerprint density at radius 3 is 2.72 bits per heavy atom. The molecular formula is C11H15Cl2NO2S2. The van der Waals surface area contributed by atoms with Crippen molar-refractivity contribution in [2.24, 2.45) is 5.92 Å². The smallest absolute Gasteiger partial charge is 0.150 e. The second kappa shape index (κ2) is 5.67. The third kappa shape index (κ3) is 3.20. The zero-order valence-corrected chi connectivity index (χ0v) is 13.1. The van der Waals surface area contributed by atoms with Gasteiger partial charge in [-0.2, -0.15) is 0 Å². The van der Waals surface area contributed by atoms with E-state index in [2.05, 4.69) is 5.32 Å². The molecule has 2 heterocycles. The molecule has 0 amide bonds. The van der Waals surface area contributed by atoms with E-state index in [4.69, 9.17) is 23.2 Å². The molecule has 1 saturated heterocycles. The lowest BCUT2D eigenvalue weighted by Gasteiger charge is -2.23. The SMILES string of the molecule is CCNC(c1cc(Cl)sc1Cl)C1CCS(=O)(=O)C1. The highest BCUT2D eigenvalue weighted by molar-refractivity contribution is 7.91. The Kier molecular flexibility index (Phi) is 4.60. The summed E-state index contributed by atoms with van der Waals surface area (Å²) in [6.45, 7) is 2.77.